The summed E-state index contributed by atoms with van der Waals surface area (Å²) in [5.41, 5.74) is 0. The molecule has 1 N–H and O–H groups in total. The van der Waals surface area contributed by atoms with Crippen molar-refractivity contribution >= 4 is 0 Å². The van der Waals surface area contributed by atoms with E-state index in [2.05, 4.69) is 19.1 Å². The van der Waals surface area contributed by atoms with Crippen molar-refractivity contribution in [2.24, 2.45) is 11.8 Å². The third-order valence-electron chi connectivity index (χ3n) is 2.43. The maximum absolute atomic E-state index is 8.94. The van der Waals surface area contributed by atoms with Crippen molar-refractivity contribution in [3.05, 3.63) is 12.2 Å². The lowest BCUT2D eigenvalue weighted by atomic mass is 9.85. The summed E-state index contributed by atoms with van der Waals surface area (Å²) in [4.78, 5) is 0. The fourth-order valence-electron chi connectivity index (χ4n) is 1.80. The Kier molecular flexibility index (Phi) is 3.64. The van der Waals surface area contributed by atoms with E-state index in [0.29, 0.717) is 12.5 Å². The molecule has 0 fully saturated rings. The van der Waals surface area contributed by atoms with Gasteiger partial charge in [-0.1, -0.05) is 25.5 Å². The minimum Gasteiger partial charge on any atom is -0.396 e. The predicted molar refractivity (Wildman–Crippen MR) is 47.3 cm³/mol. The summed E-state index contributed by atoms with van der Waals surface area (Å²) >= 11 is 0. The van der Waals surface area contributed by atoms with Crippen molar-refractivity contribution in [2.75, 3.05) is 6.61 Å². The molecule has 0 saturated carbocycles. The maximum Gasteiger partial charge on any atom is 0.0462 e. The molecular formula is C10H18O. The van der Waals surface area contributed by atoms with Gasteiger partial charge in [0.1, 0.15) is 0 Å². The van der Waals surface area contributed by atoms with E-state index in [0.717, 1.165) is 12.3 Å². The molecule has 2 unspecified atom stereocenters. The van der Waals surface area contributed by atoms with Crippen molar-refractivity contribution in [1.29, 1.82) is 0 Å². The lowest BCUT2D eigenvalue weighted by molar-refractivity contribution is 0.201. The van der Waals surface area contributed by atoms with Gasteiger partial charge in [-0.15, -0.1) is 0 Å². The van der Waals surface area contributed by atoms with E-state index in [4.69, 9.17) is 5.11 Å². The van der Waals surface area contributed by atoms with Crippen LogP contribution in [0.4, 0.5) is 0 Å². The molecule has 0 amide bonds. The normalized spacial score (nSPS) is 30.7. The predicted octanol–water partition coefficient (Wildman–Crippen LogP) is 2.36. The molecule has 1 rings (SSSR count). The Morgan fingerprint density at radius 3 is 3.00 bits per heavy atom. The van der Waals surface area contributed by atoms with Gasteiger partial charge in [-0.2, -0.15) is 0 Å². The van der Waals surface area contributed by atoms with Crippen LogP contribution in [0.2, 0.25) is 0 Å². The highest BCUT2D eigenvalue weighted by Crippen LogP contribution is 2.25. The molecule has 0 aromatic carbocycles. The Balaban J connectivity index is 2.33. The second-order valence-electron chi connectivity index (χ2n) is 3.50. The lowest BCUT2D eigenvalue weighted by Gasteiger charge is -2.22. The third-order valence-corrected chi connectivity index (χ3v) is 2.43. The molecule has 0 radical (unpaired) electrons. The van der Waals surface area contributed by atoms with Crippen LogP contribution in [0.3, 0.4) is 0 Å². The first-order valence-electron chi connectivity index (χ1n) is 4.64. The van der Waals surface area contributed by atoms with Gasteiger partial charge < -0.3 is 5.11 Å². The average Bonchev–Trinajstić information content (AvgIpc) is 2.06. The first-order chi connectivity index (χ1) is 5.36. The summed E-state index contributed by atoms with van der Waals surface area (Å²) in [6.45, 7) is 2.58. The Hall–Kier alpha value is -0.300. The van der Waals surface area contributed by atoms with Crippen LogP contribution in [0.5, 0.6) is 0 Å². The van der Waals surface area contributed by atoms with Gasteiger partial charge in [-0.05, 0) is 31.1 Å². The van der Waals surface area contributed by atoms with Crippen molar-refractivity contribution < 1.29 is 5.11 Å². The summed E-state index contributed by atoms with van der Waals surface area (Å²) in [6.07, 6.45) is 9.36. The molecule has 0 aromatic heterocycles. The monoisotopic (exact) mass is 154 g/mol. The maximum atomic E-state index is 8.94. The van der Waals surface area contributed by atoms with Gasteiger partial charge in [0.25, 0.3) is 0 Å². The Labute approximate surface area is 69.1 Å². The summed E-state index contributed by atoms with van der Waals surface area (Å²) in [7, 11) is 0. The fourth-order valence-corrected chi connectivity index (χ4v) is 1.80. The zero-order chi connectivity index (χ0) is 8.10. The van der Waals surface area contributed by atoms with E-state index in [9.17, 15) is 0 Å². The van der Waals surface area contributed by atoms with Gasteiger partial charge in [-0.25, -0.2) is 0 Å². The van der Waals surface area contributed by atoms with Crippen molar-refractivity contribution in [2.45, 2.75) is 32.6 Å². The number of allylic oxidation sites excluding steroid dienone is 2. The number of aliphatic hydroxyl groups is 1. The van der Waals surface area contributed by atoms with Crippen molar-refractivity contribution in [3.8, 4) is 0 Å². The minimum atomic E-state index is 0.366. The van der Waals surface area contributed by atoms with Gasteiger partial charge in [0.2, 0.25) is 0 Å². The van der Waals surface area contributed by atoms with E-state index in [1.54, 1.807) is 0 Å². The van der Waals surface area contributed by atoms with Crippen LogP contribution in [-0.4, -0.2) is 11.7 Å². The average molecular weight is 154 g/mol. The van der Waals surface area contributed by atoms with E-state index in [-0.39, 0.29) is 0 Å². The van der Waals surface area contributed by atoms with Gasteiger partial charge in [0, 0.05) is 6.61 Å². The van der Waals surface area contributed by atoms with Crippen LogP contribution in [0.25, 0.3) is 0 Å². The smallest absolute Gasteiger partial charge is 0.0462 e. The fraction of sp³-hybridized carbons (Fsp3) is 0.800. The first-order valence-corrected chi connectivity index (χ1v) is 4.64. The standard InChI is InChI=1S/C10H18O/c1-2-4-9-5-3-6-10(7-9)8-11/h3,5,9-11H,2,4,6-8H2,1H3. The van der Waals surface area contributed by atoms with Crippen LogP contribution in [0.15, 0.2) is 12.2 Å². The largest absolute Gasteiger partial charge is 0.396 e. The molecule has 0 aliphatic heterocycles. The SMILES string of the molecule is CCCC1C=CCC(CO)C1. The van der Waals surface area contributed by atoms with Crippen molar-refractivity contribution in [1.82, 2.24) is 0 Å². The van der Waals surface area contributed by atoms with Crippen LogP contribution >= 0.6 is 0 Å². The van der Waals surface area contributed by atoms with Crippen LogP contribution in [0.1, 0.15) is 32.6 Å². The third kappa shape index (κ3) is 2.66. The topological polar surface area (TPSA) is 20.2 Å². The van der Waals surface area contributed by atoms with E-state index < -0.39 is 0 Å². The molecule has 0 aromatic rings. The van der Waals surface area contributed by atoms with Crippen molar-refractivity contribution in [3.63, 3.8) is 0 Å². The van der Waals surface area contributed by atoms with E-state index >= 15 is 0 Å². The van der Waals surface area contributed by atoms with E-state index in [1.165, 1.54) is 19.3 Å². The molecule has 64 valence electrons. The molecule has 0 bridgehead atoms. The van der Waals surface area contributed by atoms with E-state index in [1.807, 2.05) is 0 Å². The zero-order valence-corrected chi connectivity index (χ0v) is 7.29. The second-order valence-corrected chi connectivity index (χ2v) is 3.50. The van der Waals surface area contributed by atoms with Gasteiger partial charge in [0.15, 0.2) is 0 Å². The second kappa shape index (κ2) is 4.55. The van der Waals surface area contributed by atoms with Crippen LogP contribution in [0, 0.1) is 11.8 Å². The molecule has 0 saturated heterocycles. The molecule has 0 spiro atoms. The highest BCUT2D eigenvalue weighted by Gasteiger charge is 2.15. The molecule has 1 aliphatic rings. The number of aliphatic hydroxyl groups excluding tert-OH is 1. The highest BCUT2D eigenvalue weighted by atomic mass is 16.3. The molecular weight excluding hydrogens is 136 g/mol. The summed E-state index contributed by atoms with van der Waals surface area (Å²) in [6, 6.07) is 0. The molecule has 11 heavy (non-hydrogen) atoms. The number of rotatable bonds is 3. The van der Waals surface area contributed by atoms with Gasteiger partial charge in [0.05, 0.1) is 0 Å². The Morgan fingerprint density at radius 1 is 1.55 bits per heavy atom. The van der Waals surface area contributed by atoms with Gasteiger partial charge in [-0.3, -0.25) is 0 Å². The summed E-state index contributed by atoms with van der Waals surface area (Å²) in [5, 5.41) is 8.94. The zero-order valence-electron chi connectivity index (χ0n) is 7.29. The Morgan fingerprint density at radius 2 is 2.36 bits per heavy atom. The number of hydrogen-bond donors (Lipinski definition) is 1. The highest BCUT2D eigenvalue weighted by molar-refractivity contribution is 4.95. The molecule has 0 heterocycles. The minimum absolute atomic E-state index is 0.366. The number of hydrogen-bond acceptors (Lipinski definition) is 1. The molecule has 1 heteroatoms. The quantitative estimate of drug-likeness (QED) is 0.619. The lowest BCUT2D eigenvalue weighted by Crippen LogP contribution is -2.14. The molecule has 2 atom stereocenters. The first kappa shape index (κ1) is 8.79. The molecule has 1 nitrogen and oxygen atoms in total. The van der Waals surface area contributed by atoms with Crippen LogP contribution in [-0.2, 0) is 0 Å². The summed E-state index contributed by atoms with van der Waals surface area (Å²) in [5.74, 6) is 1.28. The van der Waals surface area contributed by atoms with Crippen LogP contribution < -0.4 is 0 Å². The Bertz CT molecular complexity index is 129. The molecule has 1 aliphatic carbocycles. The van der Waals surface area contributed by atoms with Gasteiger partial charge >= 0.3 is 0 Å². The summed E-state index contributed by atoms with van der Waals surface area (Å²) < 4.78 is 0.